The highest BCUT2D eigenvalue weighted by Gasteiger charge is 2.16. The Kier molecular flexibility index (Phi) is 4.07. The Labute approximate surface area is 117 Å². The molecule has 1 unspecified atom stereocenters. The minimum Gasteiger partial charge on any atom is -0.334 e. The predicted molar refractivity (Wildman–Crippen MR) is 71.3 cm³/mol. The molecular formula is C11H9BrCl2N2O. The summed E-state index contributed by atoms with van der Waals surface area (Å²) in [5.74, 6) is 0.939. The van der Waals surface area contributed by atoms with Crippen molar-refractivity contribution in [2.24, 2.45) is 0 Å². The van der Waals surface area contributed by atoms with Crippen LogP contribution in [0.5, 0.6) is 0 Å². The fourth-order valence-corrected chi connectivity index (χ4v) is 2.26. The van der Waals surface area contributed by atoms with Gasteiger partial charge in [-0.25, -0.2) is 0 Å². The molecule has 1 aromatic carbocycles. The van der Waals surface area contributed by atoms with E-state index >= 15 is 0 Å². The summed E-state index contributed by atoms with van der Waals surface area (Å²) < 4.78 is 5.98. The molecule has 3 nitrogen and oxygen atoms in total. The van der Waals surface area contributed by atoms with Gasteiger partial charge in [0.15, 0.2) is 5.82 Å². The number of rotatable bonds is 3. The lowest BCUT2D eigenvalue weighted by atomic mass is 10.2. The number of benzene rings is 1. The molecule has 0 bridgehead atoms. The van der Waals surface area contributed by atoms with E-state index in [9.17, 15) is 0 Å². The van der Waals surface area contributed by atoms with Gasteiger partial charge < -0.3 is 4.52 Å². The molecule has 0 saturated carbocycles. The molecule has 17 heavy (non-hydrogen) atoms. The molecule has 1 atom stereocenters. The highest BCUT2D eigenvalue weighted by atomic mass is 79.9. The Balaban J connectivity index is 2.37. The third-order valence-corrected chi connectivity index (χ3v) is 3.64. The largest absolute Gasteiger partial charge is 0.334 e. The maximum Gasteiger partial charge on any atom is 0.259 e. The fraction of sp³-hybridized carbons (Fsp3) is 0.273. The fourth-order valence-electron chi connectivity index (χ4n) is 1.32. The maximum absolute atomic E-state index is 6.04. The number of hydrogen-bond donors (Lipinski definition) is 0. The molecule has 0 saturated heterocycles. The van der Waals surface area contributed by atoms with Crippen molar-refractivity contribution in [3.05, 3.63) is 33.5 Å². The zero-order valence-electron chi connectivity index (χ0n) is 8.95. The number of aromatic nitrogens is 2. The molecule has 6 heteroatoms. The zero-order valence-corrected chi connectivity index (χ0v) is 12.1. The lowest BCUT2D eigenvalue weighted by Crippen LogP contribution is -1.90. The van der Waals surface area contributed by atoms with E-state index in [0.717, 1.165) is 16.5 Å². The standard InChI is InChI=1S/C11H9BrCl2N2O/c1-2-9(14)10-15-11(17-16-10)7-4-3-6(13)5-8(7)12/h3-5,9H,2H2,1H3. The van der Waals surface area contributed by atoms with Crippen molar-refractivity contribution in [1.29, 1.82) is 0 Å². The number of alkyl halides is 1. The minimum absolute atomic E-state index is 0.224. The first-order valence-electron chi connectivity index (χ1n) is 5.05. The quantitative estimate of drug-likeness (QED) is 0.753. The van der Waals surface area contributed by atoms with Gasteiger partial charge in [-0.1, -0.05) is 23.7 Å². The summed E-state index contributed by atoms with van der Waals surface area (Å²) in [6.07, 6.45) is 0.752. The third kappa shape index (κ3) is 2.81. The molecule has 0 aliphatic rings. The molecular weight excluding hydrogens is 327 g/mol. The van der Waals surface area contributed by atoms with E-state index < -0.39 is 0 Å². The van der Waals surface area contributed by atoms with Gasteiger partial charge in [-0.05, 0) is 40.5 Å². The van der Waals surface area contributed by atoms with Crippen molar-refractivity contribution in [3.63, 3.8) is 0 Å². The van der Waals surface area contributed by atoms with Gasteiger partial charge >= 0.3 is 0 Å². The number of nitrogens with zero attached hydrogens (tertiary/aromatic N) is 2. The summed E-state index contributed by atoms with van der Waals surface area (Å²) in [4.78, 5) is 4.26. The summed E-state index contributed by atoms with van der Waals surface area (Å²) in [6.45, 7) is 1.96. The normalized spacial score (nSPS) is 12.7. The Morgan fingerprint density at radius 3 is 2.88 bits per heavy atom. The highest BCUT2D eigenvalue weighted by Crippen LogP contribution is 2.31. The van der Waals surface area contributed by atoms with Crippen LogP contribution >= 0.6 is 39.1 Å². The Hall–Kier alpha value is -0.580. The van der Waals surface area contributed by atoms with Crippen molar-refractivity contribution in [1.82, 2.24) is 10.1 Å². The van der Waals surface area contributed by atoms with Gasteiger partial charge in [-0.15, -0.1) is 11.6 Å². The second-order valence-corrected chi connectivity index (χ2v) is 5.28. The van der Waals surface area contributed by atoms with Crippen LogP contribution in [-0.2, 0) is 0 Å². The van der Waals surface area contributed by atoms with Crippen molar-refractivity contribution in [2.75, 3.05) is 0 Å². The van der Waals surface area contributed by atoms with E-state index in [-0.39, 0.29) is 5.38 Å². The summed E-state index contributed by atoms with van der Waals surface area (Å²) in [5.41, 5.74) is 0.799. The molecule has 1 heterocycles. The molecule has 0 radical (unpaired) electrons. The molecule has 1 aromatic heterocycles. The van der Waals surface area contributed by atoms with Crippen LogP contribution in [0.15, 0.2) is 27.2 Å². The van der Waals surface area contributed by atoms with Gasteiger partial charge in [0.2, 0.25) is 0 Å². The average molecular weight is 336 g/mol. The van der Waals surface area contributed by atoms with Crippen LogP contribution in [0.4, 0.5) is 0 Å². The van der Waals surface area contributed by atoms with E-state index in [1.165, 1.54) is 0 Å². The third-order valence-electron chi connectivity index (χ3n) is 2.24. The van der Waals surface area contributed by atoms with E-state index in [4.69, 9.17) is 27.7 Å². The first-order valence-corrected chi connectivity index (χ1v) is 6.65. The van der Waals surface area contributed by atoms with Crippen molar-refractivity contribution >= 4 is 39.1 Å². The van der Waals surface area contributed by atoms with Crippen molar-refractivity contribution < 1.29 is 4.52 Å². The lowest BCUT2D eigenvalue weighted by molar-refractivity contribution is 0.421. The van der Waals surface area contributed by atoms with Gasteiger partial charge in [-0.2, -0.15) is 4.98 Å². The predicted octanol–water partition coefficient (Wildman–Crippen LogP) is 4.84. The van der Waals surface area contributed by atoms with Crippen LogP contribution in [-0.4, -0.2) is 10.1 Å². The van der Waals surface area contributed by atoms with E-state index in [0.29, 0.717) is 16.7 Å². The number of halogens is 3. The van der Waals surface area contributed by atoms with Crippen molar-refractivity contribution in [3.8, 4) is 11.5 Å². The molecule has 2 rings (SSSR count). The summed E-state index contributed by atoms with van der Waals surface area (Å²) in [7, 11) is 0. The highest BCUT2D eigenvalue weighted by molar-refractivity contribution is 9.10. The lowest BCUT2D eigenvalue weighted by Gasteiger charge is -1.99. The molecule has 0 aliphatic heterocycles. The smallest absolute Gasteiger partial charge is 0.259 e. The summed E-state index contributed by atoms with van der Waals surface area (Å²) in [6, 6.07) is 5.36. The van der Waals surface area contributed by atoms with Crippen LogP contribution in [0.2, 0.25) is 5.02 Å². The Bertz CT molecular complexity index is 530. The van der Waals surface area contributed by atoms with Gasteiger partial charge in [0.25, 0.3) is 5.89 Å². The first kappa shape index (κ1) is 12.9. The molecule has 0 spiro atoms. The average Bonchev–Trinajstić information content (AvgIpc) is 2.77. The maximum atomic E-state index is 6.04. The summed E-state index contributed by atoms with van der Waals surface area (Å²) in [5, 5.41) is 4.27. The first-order chi connectivity index (χ1) is 8.11. The minimum atomic E-state index is -0.224. The van der Waals surface area contributed by atoms with Crippen molar-refractivity contribution in [2.45, 2.75) is 18.7 Å². The van der Waals surface area contributed by atoms with Crippen LogP contribution in [0, 0.1) is 0 Å². The topological polar surface area (TPSA) is 38.9 Å². The molecule has 2 aromatic rings. The van der Waals surface area contributed by atoms with Crippen LogP contribution in [0.3, 0.4) is 0 Å². The van der Waals surface area contributed by atoms with Gasteiger partial charge in [0.05, 0.1) is 10.9 Å². The van der Waals surface area contributed by atoms with E-state index in [1.807, 2.05) is 13.0 Å². The monoisotopic (exact) mass is 334 g/mol. The van der Waals surface area contributed by atoms with Gasteiger partial charge in [-0.3, -0.25) is 0 Å². The second-order valence-electron chi connectivity index (χ2n) is 3.46. The van der Waals surface area contributed by atoms with Gasteiger partial charge in [0, 0.05) is 9.50 Å². The van der Waals surface area contributed by atoms with Crippen LogP contribution in [0.1, 0.15) is 24.5 Å². The van der Waals surface area contributed by atoms with Crippen LogP contribution < -0.4 is 0 Å². The molecule has 0 amide bonds. The molecule has 90 valence electrons. The second kappa shape index (κ2) is 5.38. The van der Waals surface area contributed by atoms with Gasteiger partial charge in [0.1, 0.15) is 0 Å². The van der Waals surface area contributed by atoms with Crippen LogP contribution in [0.25, 0.3) is 11.5 Å². The number of hydrogen-bond acceptors (Lipinski definition) is 3. The molecule has 0 N–H and O–H groups in total. The SMILES string of the molecule is CCC(Cl)c1noc(-c2ccc(Cl)cc2Br)n1. The van der Waals surface area contributed by atoms with E-state index in [2.05, 4.69) is 26.1 Å². The van der Waals surface area contributed by atoms with E-state index in [1.54, 1.807) is 12.1 Å². The Morgan fingerprint density at radius 1 is 1.47 bits per heavy atom. The molecule has 0 fully saturated rings. The molecule has 0 aliphatic carbocycles. The summed E-state index contributed by atoms with van der Waals surface area (Å²) >= 11 is 15.3. The zero-order chi connectivity index (χ0) is 12.4. The Morgan fingerprint density at radius 2 is 2.24 bits per heavy atom.